The van der Waals surface area contributed by atoms with Gasteiger partial charge in [0.15, 0.2) is 0 Å². The van der Waals surface area contributed by atoms with E-state index in [-0.39, 0.29) is 6.03 Å². The first kappa shape index (κ1) is 14.9. The van der Waals surface area contributed by atoms with E-state index in [4.69, 9.17) is 4.74 Å². The number of amides is 2. The molecule has 110 valence electrons. The molecule has 2 rings (SSSR count). The summed E-state index contributed by atoms with van der Waals surface area (Å²) in [6.07, 6.45) is 3.49. The van der Waals surface area contributed by atoms with Gasteiger partial charge in [-0.15, -0.1) is 0 Å². The highest BCUT2D eigenvalue weighted by atomic mass is 16.5. The van der Waals surface area contributed by atoms with E-state index in [0.717, 1.165) is 37.2 Å². The predicted molar refractivity (Wildman–Crippen MR) is 80.8 cm³/mol. The number of piperidine rings is 1. The maximum Gasteiger partial charge on any atom is 0.321 e. The van der Waals surface area contributed by atoms with E-state index in [1.165, 1.54) is 6.42 Å². The lowest BCUT2D eigenvalue weighted by Gasteiger charge is -2.32. The van der Waals surface area contributed by atoms with Crippen LogP contribution in [0.25, 0.3) is 0 Å². The van der Waals surface area contributed by atoms with Crippen LogP contribution in [0.1, 0.15) is 31.7 Å². The van der Waals surface area contributed by atoms with Crippen molar-refractivity contribution >= 4 is 11.7 Å². The van der Waals surface area contributed by atoms with Gasteiger partial charge in [0.1, 0.15) is 0 Å². The summed E-state index contributed by atoms with van der Waals surface area (Å²) in [7, 11) is 1.67. The van der Waals surface area contributed by atoms with Crippen LogP contribution in [0.15, 0.2) is 24.3 Å². The van der Waals surface area contributed by atoms with Gasteiger partial charge >= 0.3 is 6.03 Å². The first-order valence-corrected chi connectivity index (χ1v) is 7.36. The van der Waals surface area contributed by atoms with Gasteiger partial charge in [0.25, 0.3) is 0 Å². The molecule has 0 bridgehead atoms. The number of hydrogen-bond donors (Lipinski definition) is 1. The van der Waals surface area contributed by atoms with Gasteiger partial charge in [-0.3, -0.25) is 0 Å². The molecule has 0 spiro atoms. The summed E-state index contributed by atoms with van der Waals surface area (Å²) in [6.45, 7) is 4.49. The van der Waals surface area contributed by atoms with E-state index in [1.807, 2.05) is 29.2 Å². The standard InChI is InChI=1S/C16H24N2O2/c1-3-13-7-5-9-18(11-13)16(19)17-15-8-4-6-14(10-15)12-20-2/h4,6,8,10,13H,3,5,7,9,11-12H2,1-2H3,(H,17,19)/t13-/m0/s1. The fraction of sp³-hybridized carbons (Fsp3) is 0.562. The SMILES string of the molecule is CC[C@H]1CCCN(C(=O)Nc2cccc(COC)c2)C1. The highest BCUT2D eigenvalue weighted by Gasteiger charge is 2.22. The number of methoxy groups -OCH3 is 1. The minimum atomic E-state index is 0.0118. The molecule has 1 fully saturated rings. The topological polar surface area (TPSA) is 41.6 Å². The van der Waals surface area contributed by atoms with E-state index in [0.29, 0.717) is 12.5 Å². The van der Waals surface area contributed by atoms with Gasteiger partial charge in [-0.1, -0.05) is 25.5 Å². The Morgan fingerprint density at radius 1 is 1.50 bits per heavy atom. The monoisotopic (exact) mass is 276 g/mol. The van der Waals surface area contributed by atoms with Gasteiger partial charge in [0, 0.05) is 25.9 Å². The van der Waals surface area contributed by atoms with Crippen LogP contribution in [-0.4, -0.2) is 31.1 Å². The summed E-state index contributed by atoms with van der Waals surface area (Å²) in [4.78, 5) is 14.2. The Bertz CT molecular complexity index is 448. The van der Waals surface area contributed by atoms with Gasteiger partial charge in [-0.2, -0.15) is 0 Å². The molecule has 1 N–H and O–H groups in total. The number of ether oxygens (including phenoxy) is 1. The van der Waals surface area contributed by atoms with Crippen LogP contribution in [-0.2, 0) is 11.3 Å². The molecule has 2 amide bonds. The van der Waals surface area contributed by atoms with Crippen molar-refractivity contribution in [2.45, 2.75) is 32.8 Å². The van der Waals surface area contributed by atoms with Gasteiger partial charge in [-0.25, -0.2) is 4.79 Å². The number of carbonyl (C=O) groups excluding carboxylic acids is 1. The summed E-state index contributed by atoms with van der Waals surface area (Å²) in [5.41, 5.74) is 1.90. The molecule has 4 heteroatoms. The van der Waals surface area contributed by atoms with Gasteiger partial charge in [-0.05, 0) is 36.5 Å². The quantitative estimate of drug-likeness (QED) is 0.914. The number of carbonyl (C=O) groups is 1. The van der Waals surface area contributed by atoms with E-state index in [9.17, 15) is 4.79 Å². The molecule has 1 atom stereocenters. The van der Waals surface area contributed by atoms with Crippen LogP contribution >= 0.6 is 0 Å². The number of anilines is 1. The predicted octanol–water partition coefficient (Wildman–Crippen LogP) is 3.49. The number of likely N-dealkylation sites (tertiary alicyclic amines) is 1. The molecule has 4 nitrogen and oxygen atoms in total. The average molecular weight is 276 g/mol. The zero-order valence-corrected chi connectivity index (χ0v) is 12.4. The van der Waals surface area contributed by atoms with Gasteiger partial charge < -0.3 is 15.0 Å². The molecule has 0 unspecified atom stereocenters. The van der Waals surface area contributed by atoms with Crippen LogP contribution in [0.2, 0.25) is 0 Å². The Kier molecular flexibility index (Phi) is 5.41. The zero-order valence-electron chi connectivity index (χ0n) is 12.4. The first-order valence-electron chi connectivity index (χ1n) is 7.36. The smallest absolute Gasteiger partial charge is 0.321 e. The largest absolute Gasteiger partial charge is 0.380 e. The van der Waals surface area contributed by atoms with E-state index in [2.05, 4.69) is 12.2 Å². The van der Waals surface area contributed by atoms with Crippen molar-refractivity contribution < 1.29 is 9.53 Å². The summed E-state index contributed by atoms with van der Waals surface area (Å²) in [5.74, 6) is 0.648. The van der Waals surface area contributed by atoms with Crippen molar-refractivity contribution in [3.63, 3.8) is 0 Å². The molecule has 1 aliphatic rings. The molecule has 0 radical (unpaired) electrons. The Labute approximate surface area is 121 Å². The number of nitrogens with zero attached hydrogens (tertiary/aromatic N) is 1. The third-order valence-electron chi connectivity index (χ3n) is 3.87. The highest BCUT2D eigenvalue weighted by molar-refractivity contribution is 5.89. The van der Waals surface area contributed by atoms with Crippen molar-refractivity contribution in [1.82, 2.24) is 4.90 Å². The molecule has 1 aromatic carbocycles. The van der Waals surface area contributed by atoms with Crippen molar-refractivity contribution in [3.05, 3.63) is 29.8 Å². The highest BCUT2D eigenvalue weighted by Crippen LogP contribution is 2.20. The maximum atomic E-state index is 12.3. The zero-order chi connectivity index (χ0) is 14.4. The van der Waals surface area contributed by atoms with Gasteiger partial charge in [0.2, 0.25) is 0 Å². The summed E-state index contributed by atoms with van der Waals surface area (Å²) < 4.78 is 5.11. The molecular formula is C16H24N2O2. The number of hydrogen-bond acceptors (Lipinski definition) is 2. The fourth-order valence-electron chi connectivity index (χ4n) is 2.69. The van der Waals surface area contributed by atoms with E-state index < -0.39 is 0 Å². The Balaban J connectivity index is 1.95. The normalized spacial score (nSPS) is 18.9. The van der Waals surface area contributed by atoms with Crippen LogP contribution in [0.3, 0.4) is 0 Å². The molecule has 0 saturated carbocycles. The number of nitrogens with one attached hydrogen (secondary N) is 1. The second-order valence-corrected chi connectivity index (χ2v) is 5.43. The summed E-state index contributed by atoms with van der Waals surface area (Å²) in [6, 6.07) is 7.82. The van der Waals surface area contributed by atoms with Crippen molar-refractivity contribution in [1.29, 1.82) is 0 Å². The lowest BCUT2D eigenvalue weighted by atomic mass is 9.96. The molecule has 1 aromatic rings. The Morgan fingerprint density at radius 3 is 3.10 bits per heavy atom. The van der Waals surface area contributed by atoms with Crippen LogP contribution in [0.5, 0.6) is 0 Å². The third-order valence-corrected chi connectivity index (χ3v) is 3.87. The Morgan fingerprint density at radius 2 is 2.35 bits per heavy atom. The second kappa shape index (κ2) is 7.29. The summed E-state index contributed by atoms with van der Waals surface area (Å²) in [5, 5.41) is 2.99. The molecule has 1 saturated heterocycles. The molecule has 1 heterocycles. The molecular weight excluding hydrogens is 252 g/mol. The van der Waals surface area contributed by atoms with E-state index >= 15 is 0 Å². The van der Waals surface area contributed by atoms with Crippen molar-refractivity contribution in [2.24, 2.45) is 5.92 Å². The Hall–Kier alpha value is -1.55. The van der Waals surface area contributed by atoms with Crippen LogP contribution in [0.4, 0.5) is 10.5 Å². The second-order valence-electron chi connectivity index (χ2n) is 5.43. The number of rotatable bonds is 4. The van der Waals surface area contributed by atoms with Crippen LogP contribution < -0.4 is 5.32 Å². The van der Waals surface area contributed by atoms with Crippen molar-refractivity contribution in [3.8, 4) is 0 Å². The van der Waals surface area contributed by atoms with E-state index in [1.54, 1.807) is 7.11 Å². The van der Waals surface area contributed by atoms with Crippen LogP contribution in [0, 0.1) is 5.92 Å². The molecule has 0 aromatic heterocycles. The van der Waals surface area contributed by atoms with Crippen molar-refractivity contribution in [2.75, 3.05) is 25.5 Å². The molecule has 20 heavy (non-hydrogen) atoms. The third kappa shape index (κ3) is 3.97. The summed E-state index contributed by atoms with van der Waals surface area (Å²) >= 11 is 0. The van der Waals surface area contributed by atoms with Gasteiger partial charge in [0.05, 0.1) is 6.61 Å². The lowest BCUT2D eigenvalue weighted by molar-refractivity contribution is 0.176. The maximum absolute atomic E-state index is 12.3. The lowest BCUT2D eigenvalue weighted by Crippen LogP contribution is -2.42. The first-order chi connectivity index (χ1) is 9.72. The molecule has 1 aliphatic heterocycles. The average Bonchev–Trinajstić information content (AvgIpc) is 2.48. The number of benzene rings is 1. The molecule has 0 aliphatic carbocycles. The minimum Gasteiger partial charge on any atom is -0.380 e. The minimum absolute atomic E-state index is 0.0118. The fourth-order valence-corrected chi connectivity index (χ4v) is 2.69. The number of urea groups is 1.